The maximum atomic E-state index is 12.2. The average molecular weight is 428 g/mol. The van der Waals surface area contributed by atoms with E-state index in [2.05, 4.69) is 27.3 Å². The van der Waals surface area contributed by atoms with Gasteiger partial charge in [-0.1, -0.05) is 18.5 Å². The molecule has 0 saturated heterocycles. The molecule has 0 aliphatic carbocycles. The lowest BCUT2D eigenvalue weighted by Crippen LogP contribution is -2.12. The summed E-state index contributed by atoms with van der Waals surface area (Å²) in [7, 11) is -3.52. The Morgan fingerprint density at radius 3 is 2.63 bits per heavy atom. The van der Waals surface area contributed by atoms with Crippen LogP contribution in [-0.4, -0.2) is 8.42 Å². The first-order chi connectivity index (χ1) is 8.92. The van der Waals surface area contributed by atoms with Gasteiger partial charge in [0.15, 0.2) is 0 Å². The number of benzene rings is 1. The molecule has 1 aromatic heterocycles. The number of nitrogens with one attached hydrogen (secondary N) is 1. The molecule has 0 spiro atoms. The smallest absolute Gasteiger partial charge is 0.271 e. The first kappa shape index (κ1) is 15.1. The molecule has 0 aliphatic heterocycles. The number of hydrogen-bond acceptors (Lipinski definition) is 3. The fourth-order valence-corrected chi connectivity index (χ4v) is 5.02. The summed E-state index contributed by atoms with van der Waals surface area (Å²) in [5.74, 6) is 0. The number of hydrogen-bond donors (Lipinski definition) is 1. The Bertz CT molecular complexity index is 698. The monoisotopic (exact) mass is 427 g/mol. The van der Waals surface area contributed by atoms with Crippen LogP contribution in [0.3, 0.4) is 0 Å². The maximum absolute atomic E-state index is 12.2. The molecular formula is C12H11ClINO2S2. The molecule has 0 unspecified atom stereocenters. The van der Waals surface area contributed by atoms with Crippen molar-refractivity contribution < 1.29 is 8.42 Å². The Morgan fingerprint density at radius 2 is 2.05 bits per heavy atom. The van der Waals surface area contributed by atoms with Gasteiger partial charge in [-0.25, -0.2) is 8.42 Å². The van der Waals surface area contributed by atoms with Crippen LogP contribution >= 0.6 is 45.5 Å². The van der Waals surface area contributed by atoms with Gasteiger partial charge in [-0.05, 0) is 59.3 Å². The number of thiophene rings is 1. The normalized spacial score (nSPS) is 11.5. The molecular weight excluding hydrogens is 417 g/mol. The van der Waals surface area contributed by atoms with Gasteiger partial charge in [0.1, 0.15) is 4.21 Å². The fraction of sp³-hybridized carbons (Fsp3) is 0.167. The number of rotatable bonds is 4. The molecule has 2 rings (SSSR count). The number of halogens is 2. The highest BCUT2D eigenvalue weighted by Gasteiger charge is 2.17. The molecule has 1 heterocycles. The highest BCUT2D eigenvalue weighted by molar-refractivity contribution is 14.1. The van der Waals surface area contributed by atoms with Crippen LogP contribution in [0.2, 0.25) is 5.02 Å². The topological polar surface area (TPSA) is 46.2 Å². The number of sulfonamides is 1. The first-order valence-corrected chi connectivity index (χ1v) is 9.24. The Labute approximate surface area is 135 Å². The first-order valence-electron chi connectivity index (χ1n) is 5.49. The number of anilines is 1. The van der Waals surface area contributed by atoms with Gasteiger partial charge in [0.05, 0.1) is 5.69 Å². The maximum Gasteiger partial charge on any atom is 0.271 e. The zero-order chi connectivity index (χ0) is 14.0. The predicted octanol–water partition coefficient (Wildman–Crippen LogP) is 4.37. The third-order valence-corrected chi connectivity index (χ3v) is 6.64. The van der Waals surface area contributed by atoms with Crippen LogP contribution in [0.1, 0.15) is 11.8 Å². The summed E-state index contributed by atoms with van der Waals surface area (Å²) in [6.45, 7) is 2.00. The van der Waals surface area contributed by atoms with Gasteiger partial charge in [-0.3, -0.25) is 4.72 Å². The van der Waals surface area contributed by atoms with Crippen molar-refractivity contribution in [3.8, 4) is 0 Å². The molecule has 0 fully saturated rings. The molecule has 19 heavy (non-hydrogen) atoms. The molecule has 0 amide bonds. The largest absolute Gasteiger partial charge is 0.278 e. The third kappa shape index (κ3) is 3.62. The fourth-order valence-electron chi connectivity index (χ4n) is 1.46. The van der Waals surface area contributed by atoms with Crippen LogP contribution < -0.4 is 4.72 Å². The van der Waals surface area contributed by atoms with Crippen molar-refractivity contribution in [3.05, 3.63) is 43.8 Å². The van der Waals surface area contributed by atoms with E-state index in [4.69, 9.17) is 11.6 Å². The zero-order valence-corrected chi connectivity index (χ0v) is 14.5. The molecule has 2 aromatic rings. The molecule has 1 aromatic carbocycles. The van der Waals surface area contributed by atoms with Crippen LogP contribution in [0.5, 0.6) is 0 Å². The van der Waals surface area contributed by atoms with Crippen molar-refractivity contribution in [2.24, 2.45) is 0 Å². The lowest BCUT2D eigenvalue weighted by atomic mass is 10.3. The van der Waals surface area contributed by atoms with E-state index in [0.717, 1.165) is 14.9 Å². The molecule has 1 N–H and O–H groups in total. The summed E-state index contributed by atoms with van der Waals surface area (Å²) in [5.41, 5.74) is 0.538. The molecule has 0 bridgehead atoms. The van der Waals surface area contributed by atoms with Gasteiger partial charge in [0, 0.05) is 13.5 Å². The van der Waals surface area contributed by atoms with E-state index < -0.39 is 10.0 Å². The zero-order valence-electron chi connectivity index (χ0n) is 9.98. The molecule has 0 saturated carbocycles. The van der Waals surface area contributed by atoms with Crippen molar-refractivity contribution in [1.82, 2.24) is 0 Å². The van der Waals surface area contributed by atoms with Crippen molar-refractivity contribution >= 4 is 61.2 Å². The van der Waals surface area contributed by atoms with Crippen LogP contribution in [-0.2, 0) is 16.4 Å². The molecule has 102 valence electrons. The molecule has 0 radical (unpaired) electrons. The quantitative estimate of drug-likeness (QED) is 0.737. The second-order valence-electron chi connectivity index (χ2n) is 3.80. The summed E-state index contributed by atoms with van der Waals surface area (Å²) < 4.78 is 28.1. The lowest BCUT2D eigenvalue weighted by Gasteiger charge is -2.08. The van der Waals surface area contributed by atoms with Gasteiger partial charge in [0.25, 0.3) is 10.0 Å². The van der Waals surface area contributed by atoms with Crippen LogP contribution in [0.25, 0.3) is 0 Å². The highest BCUT2D eigenvalue weighted by Crippen LogP contribution is 2.27. The SMILES string of the molecule is CCc1ccc(S(=O)(=O)Nc2ccc(Cl)cc2I)s1. The second-order valence-corrected chi connectivity index (χ2v) is 8.48. The van der Waals surface area contributed by atoms with E-state index in [0.29, 0.717) is 14.9 Å². The van der Waals surface area contributed by atoms with Gasteiger partial charge in [-0.2, -0.15) is 0 Å². The minimum absolute atomic E-state index is 0.329. The van der Waals surface area contributed by atoms with Gasteiger partial charge in [0.2, 0.25) is 0 Å². The van der Waals surface area contributed by atoms with E-state index in [-0.39, 0.29) is 0 Å². The minimum atomic E-state index is -3.52. The molecule has 0 atom stereocenters. The molecule has 3 nitrogen and oxygen atoms in total. The number of aryl methyl sites for hydroxylation is 1. The van der Waals surface area contributed by atoms with Crippen molar-refractivity contribution in [2.75, 3.05) is 4.72 Å². The Hall–Kier alpha value is -0.310. The lowest BCUT2D eigenvalue weighted by molar-refractivity contribution is 0.603. The molecule has 7 heteroatoms. The Balaban J connectivity index is 2.30. The van der Waals surface area contributed by atoms with Crippen molar-refractivity contribution in [3.63, 3.8) is 0 Å². The van der Waals surface area contributed by atoms with E-state index in [1.807, 2.05) is 13.0 Å². The summed E-state index contributed by atoms with van der Waals surface area (Å²) in [5, 5.41) is 0.580. The second kappa shape index (κ2) is 5.99. The molecule has 0 aliphatic rings. The summed E-state index contributed by atoms with van der Waals surface area (Å²) in [4.78, 5) is 1.05. The minimum Gasteiger partial charge on any atom is -0.278 e. The Kier molecular flexibility index (Phi) is 4.75. The van der Waals surface area contributed by atoms with Crippen LogP contribution in [0.4, 0.5) is 5.69 Å². The predicted molar refractivity (Wildman–Crippen MR) is 88.7 cm³/mol. The van der Waals surface area contributed by atoms with E-state index in [1.54, 1.807) is 24.3 Å². The van der Waals surface area contributed by atoms with Crippen molar-refractivity contribution in [2.45, 2.75) is 17.6 Å². The van der Waals surface area contributed by atoms with Gasteiger partial charge < -0.3 is 0 Å². The van der Waals surface area contributed by atoms with E-state index in [9.17, 15) is 8.42 Å². The standard InChI is InChI=1S/C12H11ClINO2S2/c1-2-9-4-6-12(18-9)19(16,17)15-11-5-3-8(13)7-10(11)14/h3-7,15H,2H2,1H3. The van der Waals surface area contributed by atoms with Gasteiger partial charge >= 0.3 is 0 Å². The van der Waals surface area contributed by atoms with E-state index >= 15 is 0 Å². The summed E-state index contributed by atoms with van der Waals surface area (Å²) in [6.07, 6.45) is 0.832. The summed E-state index contributed by atoms with van der Waals surface area (Å²) in [6, 6.07) is 8.51. The third-order valence-electron chi connectivity index (χ3n) is 2.43. The highest BCUT2D eigenvalue weighted by atomic mass is 127. The van der Waals surface area contributed by atoms with E-state index in [1.165, 1.54) is 11.3 Å². The average Bonchev–Trinajstić information content (AvgIpc) is 2.82. The Morgan fingerprint density at radius 1 is 1.32 bits per heavy atom. The van der Waals surface area contributed by atoms with Crippen LogP contribution in [0, 0.1) is 3.57 Å². The van der Waals surface area contributed by atoms with Crippen LogP contribution in [0.15, 0.2) is 34.5 Å². The summed E-state index contributed by atoms with van der Waals surface area (Å²) >= 11 is 9.19. The van der Waals surface area contributed by atoms with Crippen molar-refractivity contribution in [1.29, 1.82) is 0 Å². The van der Waals surface area contributed by atoms with Gasteiger partial charge in [-0.15, -0.1) is 11.3 Å².